The van der Waals surface area contributed by atoms with Gasteiger partial charge in [-0.15, -0.1) is 0 Å². The molecule has 1 saturated heterocycles. The van der Waals surface area contributed by atoms with E-state index in [1.54, 1.807) is 24.3 Å². The second kappa shape index (κ2) is 7.57. The van der Waals surface area contributed by atoms with Crippen molar-refractivity contribution in [2.75, 3.05) is 5.75 Å². The Morgan fingerprint density at radius 3 is 2.54 bits per heavy atom. The minimum absolute atomic E-state index is 0.00280. The predicted molar refractivity (Wildman–Crippen MR) is 86.8 cm³/mol. The first kappa shape index (κ1) is 18.1. The van der Waals surface area contributed by atoms with Crippen LogP contribution in [0.3, 0.4) is 0 Å². The lowest BCUT2D eigenvalue weighted by Gasteiger charge is -2.21. The second-order valence-electron chi connectivity index (χ2n) is 5.81. The summed E-state index contributed by atoms with van der Waals surface area (Å²) in [6.45, 7) is 1.87. The highest BCUT2D eigenvalue weighted by molar-refractivity contribution is 7.91. The molecular formula is C16H20N2O5S. The summed E-state index contributed by atoms with van der Waals surface area (Å²) in [7, 11) is -3.43. The Morgan fingerprint density at radius 1 is 1.25 bits per heavy atom. The Labute approximate surface area is 140 Å². The van der Waals surface area contributed by atoms with Gasteiger partial charge >= 0.3 is 0 Å². The van der Waals surface area contributed by atoms with Crippen molar-refractivity contribution in [3.8, 4) is 0 Å². The molecule has 1 aliphatic rings. The maximum Gasteiger partial charge on any atom is 0.249 e. The van der Waals surface area contributed by atoms with E-state index in [9.17, 15) is 22.8 Å². The fraction of sp³-hybridized carbons (Fsp3) is 0.438. The molecular weight excluding hydrogens is 332 g/mol. The Kier molecular flexibility index (Phi) is 5.71. The minimum Gasteiger partial charge on any atom is -0.344 e. The quantitative estimate of drug-likeness (QED) is 0.723. The van der Waals surface area contributed by atoms with E-state index in [0.29, 0.717) is 0 Å². The van der Waals surface area contributed by atoms with E-state index in [2.05, 4.69) is 10.6 Å². The summed E-state index contributed by atoms with van der Waals surface area (Å²) in [5, 5.41) is 4.68. The molecule has 1 unspecified atom stereocenters. The van der Waals surface area contributed by atoms with Crippen molar-refractivity contribution in [3.05, 3.63) is 29.8 Å². The van der Waals surface area contributed by atoms with Gasteiger partial charge in [0.2, 0.25) is 17.7 Å². The van der Waals surface area contributed by atoms with E-state index in [1.807, 2.05) is 6.92 Å². The Hall–Kier alpha value is -2.22. The second-order valence-corrected chi connectivity index (χ2v) is 7.92. The summed E-state index contributed by atoms with van der Waals surface area (Å²) < 4.78 is 24.3. The monoisotopic (exact) mass is 352 g/mol. The van der Waals surface area contributed by atoms with E-state index in [4.69, 9.17) is 0 Å². The third-order valence-corrected chi connectivity index (χ3v) is 5.59. The van der Waals surface area contributed by atoms with E-state index in [1.165, 1.54) is 0 Å². The van der Waals surface area contributed by atoms with Crippen LogP contribution in [0.5, 0.6) is 0 Å². The molecule has 2 N–H and O–H groups in total. The fourth-order valence-corrected chi connectivity index (χ4v) is 3.69. The summed E-state index contributed by atoms with van der Waals surface area (Å²) >= 11 is 0. The van der Waals surface area contributed by atoms with Crippen molar-refractivity contribution in [2.24, 2.45) is 0 Å². The molecule has 1 fully saturated rings. The highest BCUT2D eigenvalue weighted by Crippen LogP contribution is 2.14. The molecule has 8 heteroatoms. The lowest BCUT2D eigenvalue weighted by atomic mass is 10.1. The van der Waals surface area contributed by atoms with Crippen LogP contribution in [0.2, 0.25) is 0 Å². The van der Waals surface area contributed by atoms with Gasteiger partial charge in [0, 0.05) is 12.8 Å². The number of carbonyl (C=O) groups excluding carboxylic acids is 3. The molecule has 1 atom stereocenters. The van der Waals surface area contributed by atoms with Crippen molar-refractivity contribution < 1.29 is 22.8 Å². The van der Waals surface area contributed by atoms with Gasteiger partial charge in [0.1, 0.15) is 6.04 Å². The van der Waals surface area contributed by atoms with Gasteiger partial charge < -0.3 is 5.32 Å². The van der Waals surface area contributed by atoms with Crippen LogP contribution in [0.15, 0.2) is 29.2 Å². The summed E-state index contributed by atoms with van der Waals surface area (Å²) in [5.41, 5.74) is 0.970. The van der Waals surface area contributed by atoms with Crippen LogP contribution in [0.1, 0.15) is 31.2 Å². The first-order valence-electron chi connectivity index (χ1n) is 7.70. The number of benzene rings is 1. The number of hydrogen-bond donors (Lipinski definition) is 2. The number of piperidine rings is 1. The number of hydrogen-bond acceptors (Lipinski definition) is 5. The fourth-order valence-electron chi connectivity index (χ4n) is 2.38. The summed E-state index contributed by atoms with van der Waals surface area (Å²) in [6.07, 6.45) is 0.606. The highest BCUT2D eigenvalue weighted by Gasteiger charge is 2.27. The molecule has 0 aliphatic carbocycles. The van der Waals surface area contributed by atoms with E-state index >= 15 is 0 Å². The average Bonchev–Trinajstić information content (AvgIpc) is 2.50. The summed E-state index contributed by atoms with van der Waals surface area (Å²) in [6, 6.07) is 5.82. The molecule has 130 valence electrons. The molecule has 0 bridgehead atoms. The molecule has 1 aromatic carbocycles. The molecule has 1 aliphatic heterocycles. The summed E-state index contributed by atoms with van der Waals surface area (Å²) in [5.74, 6) is -1.41. The lowest BCUT2D eigenvalue weighted by Crippen LogP contribution is -2.52. The van der Waals surface area contributed by atoms with Gasteiger partial charge in [-0.2, -0.15) is 0 Å². The predicted octanol–water partition coefficient (Wildman–Crippen LogP) is 0.470. The maximum atomic E-state index is 12.2. The number of sulfone groups is 1. The molecule has 2 rings (SSSR count). The van der Waals surface area contributed by atoms with Gasteiger partial charge in [-0.25, -0.2) is 8.42 Å². The molecule has 0 aromatic heterocycles. The largest absolute Gasteiger partial charge is 0.344 e. The Morgan fingerprint density at radius 2 is 1.92 bits per heavy atom. The van der Waals surface area contributed by atoms with E-state index < -0.39 is 27.7 Å². The first-order chi connectivity index (χ1) is 11.3. The third kappa shape index (κ3) is 4.89. The number of nitrogens with one attached hydrogen (secondary N) is 2. The summed E-state index contributed by atoms with van der Waals surface area (Å²) in [4.78, 5) is 34.6. The van der Waals surface area contributed by atoms with Crippen LogP contribution >= 0.6 is 0 Å². The van der Waals surface area contributed by atoms with Crippen molar-refractivity contribution >= 4 is 27.6 Å². The number of imide groups is 1. The number of carbonyl (C=O) groups is 3. The molecule has 0 spiro atoms. The molecule has 0 radical (unpaired) electrons. The van der Waals surface area contributed by atoms with Crippen LogP contribution in [-0.4, -0.2) is 37.9 Å². The van der Waals surface area contributed by atoms with Gasteiger partial charge in [0.15, 0.2) is 9.84 Å². The molecule has 3 amide bonds. The van der Waals surface area contributed by atoms with Gasteiger partial charge in [0.25, 0.3) is 0 Å². The highest BCUT2D eigenvalue weighted by atomic mass is 32.2. The van der Waals surface area contributed by atoms with Crippen LogP contribution in [0.25, 0.3) is 0 Å². The van der Waals surface area contributed by atoms with Crippen LogP contribution in [0.4, 0.5) is 0 Å². The third-order valence-electron chi connectivity index (χ3n) is 3.77. The number of aryl methyl sites for hydroxylation is 1. The smallest absolute Gasteiger partial charge is 0.249 e. The van der Waals surface area contributed by atoms with Crippen molar-refractivity contribution in [2.45, 2.75) is 43.5 Å². The van der Waals surface area contributed by atoms with Crippen molar-refractivity contribution in [3.63, 3.8) is 0 Å². The zero-order valence-corrected chi connectivity index (χ0v) is 14.2. The molecule has 0 saturated carbocycles. The van der Waals surface area contributed by atoms with Gasteiger partial charge in [-0.1, -0.05) is 17.7 Å². The van der Waals surface area contributed by atoms with Crippen LogP contribution in [0, 0.1) is 6.92 Å². The van der Waals surface area contributed by atoms with Crippen molar-refractivity contribution in [1.82, 2.24) is 10.6 Å². The zero-order valence-electron chi connectivity index (χ0n) is 13.4. The van der Waals surface area contributed by atoms with Crippen molar-refractivity contribution in [1.29, 1.82) is 0 Å². The SMILES string of the molecule is Cc1ccc(S(=O)(=O)CCCC(=O)NC2CCC(=O)NC2=O)cc1. The van der Waals surface area contributed by atoms with Crippen LogP contribution < -0.4 is 10.6 Å². The van der Waals surface area contributed by atoms with Gasteiger partial charge in [-0.3, -0.25) is 19.7 Å². The topological polar surface area (TPSA) is 109 Å². The van der Waals surface area contributed by atoms with Gasteiger partial charge in [0.05, 0.1) is 10.6 Å². The lowest BCUT2D eigenvalue weighted by molar-refractivity contribution is -0.137. The zero-order chi connectivity index (χ0) is 17.7. The van der Waals surface area contributed by atoms with Crippen LogP contribution in [-0.2, 0) is 24.2 Å². The number of rotatable bonds is 6. The Bertz CT molecular complexity index is 740. The van der Waals surface area contributed by atoms with E-state index in [-0.39, 0.29) is 42.2 Å². The first-order valence-corrected chi connectivity index (χ1v) is 9.35. The van der Waals surface area contributed by atoms with E-state index in [0.717, 1.165) is 5.56 Å². The molecule has 1 heterocycles. The van der Waals surface area contributed by atoms with Gasteiger partial charge in [-0.05, 0) is 31.9 Å². The maximum absolute atomic E-state index is 12.2. The molecule has 7 nitrogen and oxygen atoms in total. The normalized spacial score (nSPS) is 18.1. The Balaban J connectivity index is 1.81. The average molecular weight is 352 g/mol. The molecule has 24 heavy (non-hydrogen) atoms. The molecule has 1 aromatic rings. The number of amides is 3. The minimum atomic E-state index is -3.43. The standard InChI is InChI=1S/C16H20N2O5S/c1-11-4-6-12(7-5-11)24(22,23)10-2-3-14(19)17-13-8-9-15(20)18-16(13)21/h4-7,13H,2-3,8-10H2,1H3,(H,17,19)(H,18,20,21).